The van der Waals surface area contributed by atoms with Gasteiger partial charge in [-0.25, -0.2) is 0 Å². The van der Waals surface area contributed by atoms with E-state index in [1.54, 1.807) is 0 Å². The van der Waals surface area contributed by atoms with Crippen molar-refractivity contribution in [3.63, 3.8) is 0 Å². The van der Waals surface area contributed by atoms with E-state index in [-0.39, 0.29) is 11.0 Å². The summed E-state index contributed by atoms with van der Waals surface area (Å²) in [5, 5.41) is 5.03. The van der Waals surface area contributed by atoms with Gasteiger partial charge in [0.05, 0.1) is 0 Å². The van der Waals surface area contributed by atoms with Crippen LogP contribution in [0.1, 0.15) is 40.0 Å². The van der Waals surface area contributed by atoms with E-state index < -0.39 is 0 Å². The van der Waals surface area contributed by atoms with Crippen LogP contribution in [0.4, 0.5) is 0 Å². The molecule has 13 heavy (non-hydrogen) atoms. The largest absolute Gasteiger partial charge is 0.320 e. The van der Waals surface area contributed by atoms with Crippen LogP contribution in [0.15, 0.2) is 0 Å². The monoisotopic (exact) mass is 185 g/mol. The lowest BCUT2D eigenvalue weighted by Crippen LogP contribution is -2.52. The molecule has 0 saturated carbocycles. The van der Waals surface area contributed by atoms with Crippen LogP contribution in [0.25, 0.3) is 0 Å². The molecule has 2 N–H and O–H groups in total. The van der Waals surface area contributed by atoms with E-state index in [1.807, 2.05) is 12.4 Å². The van der Waals surface area contributed by atoms with Gasteiger partial charge in [-0.3, -0.25) is 0 Å². The molecule has 1 aliphatic rings. The third-order valence-corrected chi connectivity index (χ3v) is 3.35. The Morgan fingerprint density at radius 2 is 2.23 bits per heavy atom. The summed E-state index contributed by atoms with van der Waals surface area (Å²) in [5.41, 5.74) is 0.276. The highest BCUT2D eigenvalue weighted by molar-refractivity contribution is 5.01. The lowest BCUT2D eigenvalue weighted by Gasteiger charge is -2.42. The van der Waals surface area contributed by atoms with Crippen LogP contribution in [-0.2, 0) is 0 Å². The van der Waals surface area contributed by atoms with Gasteiger partial charge in [0, 0.05) is 5.54 Å². The Morgan fingerprint density at radius 3 is 2.62 bits per heavy atom. The second-order valence-corrected chi connectivity index (χ2v) is 5.12. The van der Waals surface area contributed by atoms with E-state index in [2.05, 4.69) is 26.1 Å². The molecular weight excluding hydrogens is 160 g/mol. The first kappa shape index (κ1) is 9.47. The van der Waals surface area contributed by atoms with Crippen molar-refractivity contribution in [2.75, 3.05) is 20.1 Å². The Bertz CT molecular complexity index is 188. The second-order valence-electron chi connectivity index (χ2n) is 5.12. The Labute approximate surface area is 83.9 Å². The molecule has 0 unspecified atom stereocenters. The maximum atomic E-state index is 8.08. The second kappa shape index (κ2) is 3.97. The zero-order chi connectivity index (χ0) is 10.8. The number of nitrogens with one attached hydrogen (secondary N) is 2. The zero-order valence-electron chi connectivity index (χ0n) is 10.5. The Morgan fingerprint density at radius 1 is 1.54 bits per heavy atom. The highest BCUT2D eigenvalue weighted by Crippen LogP contribution is 2.39. The van der Waals surface area contributed by atoms with Gasteiger partial charge in [-0.15, -0.1) is 0 Å². The summed E-state index contributed by atoms with van der Waals surface area (Å²) in [4.78, 5) is 0. The highest BCUT2D eigenvalue weighted by atomic mass is 15.0. The van der Waals surface area contributed by atoms with Crippen molar-refractivity contribution >= 4 is 0 Å². The third kappa shape index (κ3) is 2.23. The predicted octanol–water partition coefficient (Wildman–Crippen LogP) is 1.76. The van der Waals surface area contributed by atoms with Crippen molar-refractivity contribution in [3.05, 3.63) is 0 Å². The molecule has 1 heterocycles. The van der Waals surface area contributed by atoms with Crippen molar-refractivity contribution in [1.29, 1.82) is 0 Å². The van der Waals surface area contributed by atoms with Gasteiger partial charge in [0.25, 0.3) is 0 Å². The Hall–Kier alpha value is -0.0800. The molecule has 0 aromatic carbocycles. The zero-order valence-corrected chi connectivity index (χ0v) is 9.48. The standard InChI is InChI=1S/C11H24N2/c1-10(2,3)11(7-9-12-4)6-5-8-13-11/h12-13H,5-9H2,1-4H3/t11-/m0/s1/i/hD. The van der Waals surface area contributed by atoms with E-state index in [9.17, 15) is 0 Å². The molecule has 1 atom stereocenters. The number of hydrogen-bond acceptors (Lipinski definition) is 2. The van der Waals surface area contributed by atoms with Crippen molar-refractivity contribution in [2.45, 2.75) is 45.6 Å². The minimum absolute atomic E-state index is 0.0794. The molecule has 0 aromatic heterocycles. The quantitative estimate of drug-likeness (QED) is 0.700. The van der Waals surface area contributed by atoms with Gasteiger partial charge in [0.2, 0.25) is 0 Å². The molecule has 1 rings (SSSR count). The van der Waals surface area contributed by atoms with Crippen LogP contribution in [0.2, 0.25) is 1.41 Å². The average Bonchev–Trinajstić information content (AvgIpc) is 2.43. The fraction of sp³-hybridized carbons (Fsp3) is 1.00. The van der Waals surface area contributed by atoms with Crippen LogP contribution >= 0.6 is 0 Å². The van der Waals surface area contributed by atoms with Gasteiger partial charge >= 0.3 is 0 Å². The van der Waals surface area contributed by atoms with E-state index in [1.165, 1.54) is 12.8 Å². The smallest absolute Gasteiger partial charge is 0.123 e. The summed E-state index contributed by atoms with van der Waals surface area (Å²) in [6, 6.07) is 0. The van der Waals surface area contributed by atoms with E-state index in [0.717, 1.165) is 19.5 Å². The summed E-state index contributed by atoms with van der Waals surface area (Å²) in [5.74, 6) is 0. The van der Waals surface area contributed by atoms with Gasteiger partial charge in [-0.1, -0.05) is 20.8 Å². The fourth-order valence-electron chi connectivity index (χ4n) is 2.27. The summed E-state index contributed by atoms with van der Waals surface area (Å²) in [7, 11) is 1.99. The molecule has 0 aromatic rings. The maximum absolute atomic E-state index is 8.08. The van der Waals surface area contributed by atoms with Crippen LogP contribution in [0.3, 0.4) is 0 Å². The maximum Gasteiger partial charge on any atom is 0.123 e. The molecule has 1 fully saturated rings. The first-order valence-electron chi connectivity index (χ1n) is 5.80. The minimum atomic E-state index is 0.0794. The van der Waals surface area contributed by atoms with Crippen molar-refractivity contribution in [2.24, 2.45) is 5.41 Å². The molecule has 0 bridgehead atoms. The van der Waals surface area contributed by atoms with Crippen LogP contribution in [-0.4, -0.2) is 25.7 Å². The van der Waals surface area contributed by atoms with Crippen LogP contribution in [0, 0.1) is 5.41 Å². The summed E-state index contributed by atoms with van der Waals surface area (Å²) in [6.07, 6.45) is 3.42. The Balaban J connectivity index is 2.79. The third-order valence-electron chi connectivity index (χ3n) is 3.35. The van der Waals surface area contributed by atoms with E-state index in [0.29, 0.717) is 0 Å². The summed E-state index contributed by atoms with van der Waals surface area (Å²) in [6.45, 7) is 8.72. The molecule has 78 valence electrons. The van der Waals surface area contributed by atoms with Crippen molar-refractivity contribution in [3.8, 4) is 0 Å². The lowest BCUT2D eigenvalue weighted by atomic mass is 9.70. The van der Waals surface area contributed by atoms with E-state index in [4.69, 9.17) is 1.41 Å². The highest BCUT2D eigenvalue weighted by Gasteiger charge is 2.42. The summed E-state index contributed by atoms with van der Waals surface area (Å²) < 4.78 is 8.08. The molecule has 0 amide bonds. The van der Waals surface area contributed by atoms with Crippen LogP contribution in [0.5, 0.6) is 0 Å². The first-order valence-corrected chi connectivity index (χ1v) is 5.35. The molecule has 0 aliphatic carbocycles. The molecule has 0 spiro atoms. The van der Waals surface area contributed by atoms with Gasteiger partial charge in [-0.2, -0.15) is 0 Å². The van der Waals surface area contributed by atoms with Crippen LogP contribution < -0.4 is 10.6 Å². The van der Waals surface area contributed by atoms with Gasteiger partial charge in [-0.05, 0) is 44.8 Å². The number of hydrogen-bond donors (Lipinski definition) is 2. The molecule has 2 nitrogen and oxygen atoms in total. The number of rotatable bonds is 3. The lowest BCUT2D eigenvalue weighted by molar-refractivity contribution is 0.148. The SMILES string of the molecule is [2H]N1CCC[C@]1(CCNC)C(C)(C)C. The van der Waals surface area contributed by atoms with Gasteiger partial charge in [0.15, 0.2) is 0 Å². The van der Waals surface area contributed by atoms with Gasteiger partial charge in [0.1, 0.15) is 1.41 Å². The molecule has 1 aliphatic heterocycles. The molecule has 2 heteroatoms. The van der Waals surface area contributed by atoms with Crippen molar-refractivity contribution < 1.29 is 1.41 Å². The molecule has 0 radical (unpaired) electrons. The minimum Gasteiger partial charge on any atom is -0.320 e. The molecular formula is C11H24N2. The summed E-state index contributed by atoms with van der Waals surface area (Å²) >= 11 is 0. The topological polar surface area (TPSA) is 24.1 Å². The average molecular weight is 185 g/mol. The van der Waals surface area contributed by atoms with E-state index >= 15 is 0 Å². The fourth-order valence-corrected chi connectivity index (χ4v) is 2.27. The Kier molecular flexibility index (Phi) is 2.89. The van der Waals surface area contributed by atoms with Gasteiger partial charge < -0.3 is 10.6 Å². The molecule has 1 saturated heterocycles. The van der Waals surface area contributed by atoms with Crippen molar-refractivity contribution in [1.82, 2.24) is 10.6 Å². The predicted molar refractivity (Wildman–Crippen MR) is 58.0 cm³/mol. The first-order chi connectivity index (χ1) is 6.44. The normalized spacial score (nSPS) is 32.2.